The Labute approximate surface area is 312 Å². The van der Waals surface area contributed by atoms with Gasteiger partial charge in [0.15, 0.2) is 17.5 Å². The third-order valence-electron chi connectivity index (χ3n) is 10.9. The molecule has 0 amide bonds. The molecule has 254 valence electrons. The number of allylic oxidation sites excluding steroid dienone is 4. The molecule has 0 bridgehead atoms. The topological polar surface area (TPSA) is 52.8 Å². The lowest BCUT2D eigenvalue weighted by atomic mass is 9.85. The average molecular weight is 693 g/mol. The number of hydrogen-bond donors (Lipinski definition) is 0. The molecule has 9 aromatic rings. The smallest absolute Gasteiger partial charge is 0.164 e. The number of ether oxygens (including phenoxy) is 1. The lowest BCUT2D eigenvalue weighted by molar-refractivity contribution is 0.426. The first-order valence-corrected chi connectivity index (χ1v) is 18.4. The summed E-state index contributed by atoms with van der Waals surface area (Å²) in [5, 5.41) is 4.65. The van der Waals surface area contributed by atoms with E-state index >= 15 is 0 Å². The number of benzene rings is 7. The molecule has 5 nitrogen and oxygen atoms in total. The van der Waals surface area contributed by atoms with Crippen molar-refractivity contribution in [3.8, 4) is 45.6 Å². The number of fused-ring (bicyclic) bond motifs is 7. The quantitative estimate of drug-likeness (QED) is 0.180. The van der Waals surface area contributed by atoms with Crippen molar-refractivity contribution in [1.29, 1.82) is 0 Å². The number of hydrogen-bond acceptors (Lipinski definition) is 4. The molecule has 0 fully saturated rings. The SMILES string of the molecule is C1=C(c2ccc3c4ccccc4n(-c4ccc(-c5nc(-c6ccccc6)nc(-c6ccccc6)n5)c5ccccc45)c3c2)CC2C(=C1)Oc1ccccc12. The summed E-state index contributed by atoms with van der Waals surface area (Å²) in [7, 11) is 0. The fourth-order valence-corrected chi connectivity index (χ4v) is 8.29. The lowest BCUT2D eigenvalue weighted by Gasteiger charge is -2.19. The Morgan fingerprint density at radius 3 is 1.89 bits per heavy atom. The molecular formula is C49H32N4O. The van der Waals surface area contributed by atoms with Crippen molar-refractivity contribution in [2.24, 2.45) is 0 Å². The van der Waals surface area contributed by atoms with E-state index in [1.807, 2.05) is 66.7 Å². The van der Waals surface area contributed by atoms with Gasteiger partial charge in [-0.1, -0.05) is 140 Å². The van der Waals surface area contributed by atoms with Gasteiger partial charge in [-0.25, -0.2) is 15.0 Å². The van der Waals surface area contributed by atoms with E-state index in [1.165, 1.54) is 38.5 Å². The van der Waals surface area contributed by atoms with Crippen LogP contribution in [0.5, 0.6) is 5.75 Å². The molecule has 1 aliphatic carbocycles. The standard InChI is InChI=1S/C49H32N4O/c1-3-13-31(14-4-1)47-50-48(32-15-5-2-6-16-32)52-49(51-47)40-26-27-43(36-18-8-7-17-35(36)40)53-42-21-11-9-19-37(42)38-25-23-34(30-44(38)53)33-24-28-46-41(29-33)39-20-10-12-22-45(39)54-46/h1-28,30,41H,29H2. The second kappa shape index (κ2) is 12.2. The number of nitrogens with zero attached hydrogens (tertiary/aromatic N) is 4. The summed E-state index contributed by atoms with van der Waals surface area (Å²) in [6.07, 6.45) is 5.29. The van der Waals surface area contributed by atoms with E-state index in [0.717, 1.165) is 51.1 Å². The molecule has 1 aliphatic heterocycles. The van der Waals surface area contributed by atoms with Crippen LogP contribution >= 0.6 is 0 Å². The second-order valence-corrected chi connectivity index (χ2v) is 14.0. The number of para-hydroxylation sites is 2. The minimum absolute atomic E-state index is 0.236. The van der Waals surface area contributed by atoms with Gasteiger partial charge in [0.1, 0.15) is 11.5 Å². The number of rotatable bonds is 5. The van der Waals surface area contributed by atoms with E-state index in [-0.39, 0.29) is 5.92 Å². The first kappa shape index (κ1) is 30.5. The van der Waals surface area contributed by atoms with E-state index in [9.17, 15) is 0 Å². The van der Waals surface area contributed by atoms with Gasteiger partial charge in [-0.2, -0.15) is 0 Å². The first-order valence-electron chi connectivity index (χ1n) is 18.4. The fraction of sp³-hybridized carbons (Fsp3) is 0.0408. The van der Waals surface area contributed by atoms with Gasteiger partial charge in [0.25, 0.3) is 0 Å². The Morgan fingerprint density at radius 1 is 0.481 bits per heavy atom. The monoisotopic (exact) mass is 692 g/mol. The molecule has 2 aliphatic rings. The molecule has 2 aromatic heterocycles. The Morgan fingerprint density at radius 2 is 1.11 bits per heavy atom. The van der Waals surface area contributed by atoms with Gasteiger partial charge in [-0.3, -0.25) is 0 Å². The minimum Gasteiger partial charge on any atom is -0.461 e. The van der Waals surface area contributed by atoms with Crippen LogP contribution in [-0.4, -0.2) is 19.5 Å². The van der Waals surface area contributed by atoms with Crippen LogP contribution in [0.15, 0.2) is 182 Å². The van der Waals surface area contributed by atoms with E-state index in [4.69, 9.17) is 19.7 Å². The summed E-state index contributed by atoms with van der Waals surface area (Å²) in [6.45, 7) is 0. The molecule has 0 spiro atoms. The van der Waals surface area contributed by atoms with Gasteiger partial charge < -0.3 is 9.30 Å². The summed E-state index contributed by atoms with van der Waals surface area (Å²) >= 11 is 0. The predicted octanol–water partition coefficient (Wildman–Crippen LogP) is 12.0. The molecule has 54 heavy (non-hydrogen) atoms. The van der Waals surface area contributed by atoms with Crippen molar-refractivity contribution in [3.05, 3.63) is 193 Å². The molecule has 0 radical (unpaired) electrons. The van der Waals surface area contributed by atoms with Gasteiger partial charge >= 0.3 is 0 Å². The molecule has 1 atom stereocenters. The fourth-order valence-electron chi connectivity index (χ4n) is 8.29. The Kier molecular flexibility index (Phi) is 6.92. The lowest BCUT2D eigenvalue weighted by Crippen LogP contribution is -2.04. The highest BCUT2D eigenvalue weighted by molar-refractivity contribution is 6.12. The molecular weight excluding hydrogens is 661 g/mol. The van der Waals surface area contributed by atoms with Crippen molar-refractivity contribution in [1.82, 2.24) is 19.5 Å². The van der Waals surface area contributed by atoms with E-state index < -0.39 is 0 Å². The molecule has 11 rings (SSSR count). The van der Waals surface area contributed by atoms with Crippen LogP contribution in [0.2, 0.25) is 0 Å². The third kappa shape index (κ3) is 4.90. The Bertz CT molecular complexity index is 2940. The molecule has 3 heterocycles. The molecule has 0 N–H and O–H groups in total. The average Bonchev–Trinajstić information content (AvgIpc) is 3.79. The number of aromatic nitrogens is 4. The minimum atomic E-state index is 0.236. The van der Waals surface area contributed by atoms with E-state index in [0.29, 0.717) is 17.5 Å². The molecule has 5 heteroatoms. The van der Waals surface area contributed by atoms with Crippen LogP contribution in [0.3, 0.4) is 0 Å². The molecule has 0 saturated heterocycles. The highest BCUT2D eigenvalue weighted by Gasteiger charge is 2.32. The van der Waals surface area contributed by atoms with Crippen molar-refractivity contribution in [3.63, 3.8) is 0 Å². The van der Waals surface area contributed by atoms with Crippen LogP contribution in [0.1, 0.15) is 23.5 Å². The van der Waals surface area contributed by atoms with Crippen molar-refractivity contribution in [2.75, 3.05) is 0 Å². The van der Waals surface area contributed by atoms with Crippen molar-refractivity contribution in [2.45, 2.75) is 12.3 Å². The van der Waals surface area contributed by atoms with E-state index in [1.54, 1.807) is 0 Å². The summed E-state index contributed by atoms with van der Waals surface area (Å²) in [5.74, 6) is 4.18. The summed E-state index contributed by atoms with van der Waals surface area (Å²) in [5.41, 5.74) is 10.1. The summed E-state index contributed by atoms with van der Waals surface area (Å²) < 4.78 is 8.65. The van der Waals surface area contributed by atoms with Crippen LogP contribution in [-0.2, 0) is 0 Å². The molecule has 0 saturated carbocycles. The highest BCUT2D eigenvalue weighted by atomic mass is 16.5. The van der Waals surface area contributed by atoms with Crippen molar-refractivity contribution < 1.29 is 4.74 Å². The highest BCUT2D eigenvalue weighted by Crippen LogP contribution is 2.48. The zero-order valence-corrected chi connectivity index (χ0v) is 29.2. The van der Waals surface area contributed by atoms with Gasteiger partial charge in [0, 0.05) is 44.3 Å². The van der Waals surface area contributed by atoms with Gasteiger partial charge in [0.2, 0.25) is 0 Å². The van der Waals surface area contributed by atoms with Gasteiger partial charge in [-0.15, -0.1) is 0 Å². The largest absolute Gasteiger partial charge is 0.461 e. The maximum atomic E-state index is 6.22. The molecule has 1 unspecified atom stereocenters. The maximum absolute atomic E-state index is 6.22. The van der Waals surface area contributed by atoms with Crippen molar-refractivity contribution >= 4 is 38.2 Å². The third-order valence-corrected chi connectivity index (χ3v) is 10.9. The van der Waals surface area contributed by atoms with Crippen LogP contribution in [0, 0.1) is 0 Å². The maximum Gasteiger partial charge on any atom is 0.164 e. The molecule has 7 aromatic carbocycles. The van der Waals surface area contributed by atoms with Crippen LogP contribution in [0.25, 0.3) is 78.0 Å². The van der Waals surface area contributed by atoms with Gasteiger partial charge in [0.05, 0.1) is 16.7 Å². The first-order chi connectivity index (χ1) is 26.8. The summed E-state index contributed by atoms with van der Waals surface area (Å²) in [4.78, 5) is 15.1. The predicted molar refractivity (Wildman–Crippen MR) is 218 cm³/mol. The van der Waals surface area contributed by atoms with Gasteiger partial charge in [-0.05, 0) is 59.4 Å². The Hall–Kier alpha value is -7.11. The summed E-state index contributed by atoms with van der Waals surface area (Å²) in [6, 6.07) is 57.4. The second-order valence-electron chi connectivity index (χ2n) is 14.0. The zero-order chi connectivity index (χ0) is 35.6. The van der Waals surface area contributed by atoms with Crippen LogP contribution in [0.4, 0.5) is 0 Å². The van der Waals surface area contributed by atoms with E-state index in [2.05, 4.69) is 114 Å². The van der Waals surface area contributed by atoms with Crippen LogP contribution < -0.4 is 4.74 Å². The zero-order valence-electron chi connectivity index (χ0n) is 29.2. The normalized spacial score (nSPS) is 14.8. The Balaban J connectivity index is 1.09.